The average molecular weight is 384 g/mol. The number of anilines is 1. The summed E-state index contributed by atoms with van der Waals surface area (Å²) in [5.41, 5.74) is 2.04. The van der Waals surface area contributed by atoms with Crippen molar-refractivity contribution in [1.82, 2.24) is 4.98 Å². The molecule has 0 atom stereocenters. The lowest BCUT2D eigenvalue weighted by Gasteiger charge is -2.10. The van der Waals surface area contributed by atoms with Crippen molar-refractivity contribution in [3.05, 3.63) is 64.1 Å². The Morgan fingerprint density at radius 3 is 2.37 bits per heavy atom. The van der Waals surface area contributed by atoms with Crippen LogP contribution in [-0.2, 0) is 6.42 Å². The molecule has 0 radical (unpaired) electrons. The first-order chi connectivity index (χ1) is 13.1. The number of ether oxygens (including phenoxy) is 3. The number of nitrogens with zero attached hydrogens (tertiary/aromatic N) is 1. The summed E-state index contributed by atoms with van der Waals surface area (Å²) in [6, 6.07) is 13.0. The van der Waals surface area contributed by atoms with Crippen LogP contribution in [0, 0.1) is 0 Å². The van der Waals surface area contributed by atoms with Gasteiger partial charge < -0.3 is 19.5 Å². The molecule has 2 aromatic carbocycles. The first-order valence-electron chi connectivity index (χ1n) is 8.23. The highest BCUT2D eigenvalue weighted by Crippen LogP contribution is 2.29. The molecule has 0 aliphatic carbocycles. The molecule has 1 amide bonds. The highest BCUT2D eigenvalue weighted by Gasteiger charge is 2.14. The third-order valence-corrected chi connectivity index (χ3v) is 4.80. The average Bonchev–Trinajstić information content (AvgIpc) is 3.17. The van der Waals surface area contributed by atoms with Crippen molar-refractivity contribution in [1.29, 1.82) is 0 Å². The molecule has 0 aliphatic rings. The summed E-state index contributed by atoms with van der Waals surface area (Å²) in [7, 11) is 4.76. The Balaban J connectivity index is 1.69. The Morgan fingerprint density at radius 2 is 1.70 bits per heavy atom. The normalized spacial score (nSPS) is 10.3. The zero-order chi connectivity index (χ0) is 19.2. The fourth-order valence-electron chi connectivity index (χ4n) is 2.50. The molecule has 0 unspecified atom stereocenters. The molecule has 3 aromatic rings. The number of nitrogens with one attached hydrogen (secondary N) is 1. The van der Waals surface area contributed by atoms with Crippen molar-refractivity contribution in [3.63, 3.8) is 0 Å². The summed E-state index contributed by atoms with van der Waals surface area (Å²) in [5.74, 6) is 1.71. The number of thiazole rings is 1. The van der Waals surface area contributed by atoms with Crippen molar-refractivity contribution in [2.24, 2.45) is 0 Å². The Kier molecular flexibility index (Phi) is 5.93. The number of hydrogen-bond acceptors (Lipinski definition) is 6. The largest absolute Gasteiger partial charge is 0.497 e. The van der Waals surface area contributed by atoms with Gasteiger partial charge in [0.25, 0.3) is 5.91 Å². The number of amides is 1. The molecule has 3 rings (SSSR count). The van der Waals surface area contributed by atoms with E-state index in [0.29, 0.717) is 29.3 Å². The maximum atomic E-state index is 12.5. The summed E-state index contributed by atoms with van der Waals surface area (Å²) in [5, 5.41) is 5.45. The van der Waals surface area contributed by atoms with E-state index in [1.807, 2.05) is 24.3 Å². The zero-order valence-electron chi connectivity index (χ0n) is 15.3. The molecule has 0 fully saturated rings. The Labute approximate surface area is 161 Å². The van der Waals surface area contributed by atoms with Crippen LogP contribution < -0.4 is 19.5 Å². The van der Waals surface area contributed by atoms with Crippen LogP contribution in [0.1, 0.15) is 21.1 Å². The zero-order valence-corrected chi connectivity index (χ0v) is 16.1. The van der Waals surface area contributed by atoms with Crippen LogP contribution in [0.25, 0.3) is 0 Å². The second-order valence-corrected chi connectivity index (χ2v) is 6.61. The van der Waals surface area contributed by atoms with E-state index in [2.05, 4.69) is 10.3 Å². The number of methoxy groups -OCH3 is 3. The number of carbonyl (C=O) groups is 1. The molecule has 1 N–H and O–H groups in total. The fraction of sp³-hybridized carbons (Fsp3) is 0.200. The van der Waals surface area contributed by atoms with Gasteiger partial charge in [0.1, 0.15) is 22.9 Å². The van der Waals surface area contributed by atoms with Crippen LogP contribution in [0.4, 0.5) is 5.69 Å². The maximum Gasteiger partial charge on any atom is 0.275 e. The van der Waals surface area contributed by atoms with E-state index >= 15 is 0 Å². The monoisotopic (exact) mass is 384 g/mol. The first kappa shape index (κ1) is 18.7. The standard InChI is InChI=1S/C20H20N2O4S/c1-24-14-6-4-13(5-7-14)10-19-21-17(12-27-19)20(23)22-16-9-8-15(25-2)11-18(16)26-3/h4-9,11-12H,10H2,1-3H3,(H,22,23). The van der Waals surface area contributed by atoms with Crippen molar-refractivity contribution in [2.45, 2.75) is 6.42 Å². The predicted octanol–water partition coefficient (Wildman–Crippen LogP) is 4.01. The summed E-state index contributed by atoms with van der Waals surface area (Å²) in [4.78, 5) is 17.0. The predicted molar refractivity (Wildman–Crippen MR) is 105 cm³/mol. The number of benzene rings is 2. The highest BCUT2D eigenvalue weighted by molar-refractivity contribution is 7.09. The molecular weight excluding hydrogens is 364 g/mol. The lowest BCUT2D eigenvalue weighted by Crippen LogP contribution is -2.13. The van der Waals surface area contributed by atoms with Gasteiger partial charge in [-0.15, -0.1) is 11.3 Å². The Morgan fingerprint density at radius 1 is 1.00 bits per heavy atom. The Bertz CT molecular complexity index is 922. The third kappa shape index (κ3) is 4.57. The molecule has 7 heteroatoms. The van der Waals surface area contributed by atoms with E-state index in [-0.39, 0.29) is 5.91 Å². The molecule has 27 heavy (non-hydrogen) atoms. The van der Waals surface area contributed by atoms with Crippen molar-refractivity contribution >= 4 is 22.9 Å². The van der Waals surface area contributed by atoms with E-state index in [1.165, 1.54) is 11.3 Å². The molecule has 1 aromatic heterocycles. The van der Waals surface area contributed by atoms with Gasteiger partial charge in [0.05, 0.1) is 32.0 Å². The van der Waals surface area contributed by atoms with Crippen LogP contribution in [0.15, 0.2) is 47.8 Å². The highest BCUT2D eigenvalue weighted by atomic mass is 32.1. The quantitative estimate of drug-likeness (QED) is 0.666. The van der Waals surface area contributed by atoms with E-state index in [1.54, 1.807) is 44.9 Å². The van der Waals surface area contributed by atoms with Gasteiger partial charge in [-0.05, 0) is 29.8 Å². The van der Waals surface area contributed by atoms with Gasteiger partial charge in [0.15, 0.2) is 0 Å². The van der Waals surface area contributed by atoms with Crippen LogP contribution >= 0.6 is 11.3 Å². The minimum absolute atomic E-state index is 0.282. The molecule has 0 aliphatic heterocycles. The van der Waals surface area contributed by atoms with Gasteiger partial charge in [-0.25, -0.2) is 4.98 Å². The fourth-order valence-corrected chi connectivity index (χ4v) is 3.31. The topological polar surface area (TPSA) is 69.7 Å². The van der Waals surface area contributed by atoms with Gasteiger partial charge in [-0.1, -0.05) is 12.1 Å². The first-order valence-corrected chi connectivity index (χ1v) is 9.11. The maximum absolute atomic E-state index is 12.5. The van der Waals surface area contributed by atoms with Gasteiger partial charge in [-0.2, -0.15) is 0 Å². The SMILES string of the molecule is COc1ccc(Cc2nc(C(=O)Nc3ccc(OC)cc3OC)cs2)cc1. The minimum Gasteiger partial charge on any atom is -0.497 e. The van der Waals surface area contributed by atoms with Gasteiger partial charge >= 0.3 is 0 Å². The van der Waals surface area contributed by atoms with E-state index < -0.39 is 0 Å². The number of aromatic nitrogens is 1. The van der Waals surface area contributed by atoms with Gasteiger partial charge in [-0.3, -0.25) is 4.79 Å². The summed E-state index contributed by atoms with van der Waals surface area (Å²) in [6.45, 7) is 0. The van der Waals surface area contributed by atoms with Crippen LogP contribution in [-0.4, -0.2) is 32.2 Å². The van der Waals surface area contributed by atoms with Crippen LogP contribution in [0.3, 0.4) is 0 Å². The molecule has 0 saturated carbocycles. The van der Waals surface area contributed by atoms with Crippen molar-refractivity contribution in [2.75, 3.05) is 26.6 Å². The summed E-state index contributed by atoms with van der Waals surface area (Å²) >= 11 is 1.45. The number of carbonyl (C=O) groups excluding carboxylic acids is 1. The molecule has 0 bridgehead atoms. The van der Waals surface area contributed by atoms with Crippen LogP contribution in [0.2, 0.25) is 0 Å². The molecular formula is C20H20N2O4S. The van der Waals surface area contributed by atoms with Crippen molar-refractivity contribution < 1.29 is 19.0 Å². The molecule has 0 spiro atoms. The van der Waals surface area contributed by atoms with E-state index in [9.17, 15) is 4.79 Å². The number of rotatable bonds is 7. The number of hydrogen-bond donors (Lipinski definition) is 1. The third-order valence-electron chi connectivity index (χ3n) is 3.96. The Hall–Kier alpha value is -3.06. The summed E-state index contributed by atoms with van der Waals surface area (Å²) < 4.78 is 15.6. The lowest BCUT2D eigenvalue weighted by atomic mass is 10.1. The van der Waals surface area contributed by atoms with Gasteiger partial charge in [0, 0.05) is 17.9 Å². The summed E-state index contributed by atoms with van der Waals surface area (Å²) in [6.07, 6.45) is 0.661. The van der Waals surface area contributed by atoms with E-state index in [4.69, 9.17) is 14.2 Å². The second-order valence-electron chi connectivity index (χ2n) is 5.67. The van der Waals surface area contributed by atoms with E-state index in [0.717, 1.165) is 16.3 Å². The van der Waals surface area contributed by atoms with Gasteiger partial charge in [0.2, 0.25) is 0 Å². The lowest BCUT2D eigenvalue weighted by molar-refractivity contribution is 0.102. The smallest absolute Gasteiger partial charge is 0.275 e. The second kappa shape index (κ2) is 8.55. The van der Waals surface area contributed by atoms with Crippen LogP contribution in [0.5, 0.6) is 17.2 Å². The molecule has 140 valence electrons. The molecule has 0 saturated heterocycles. The minimum atomic E-state index is -0.282. The molecule has 6 nitrogen and oxygen atoms in total. The van der Waals surface area contributed by atoms with Crippen molar-refractivity contribution in [3.8, 4) is 17.2 Å². The molecule has 1 heterocycles.